The number of fused-ring (bicyclic) bond motifs is 5. The lowest BCUT2D eigenvalue weighted by molar-refractivity contribution is -0.148. The molecule has 4 aliphatic rings. The fraction of sp³-hybridized carbons (Fsp3) is 0.897. The van der Waals surface area contributed by atoms with Crippen LogP contribution in [-0.4, -0.2) is 12.1 Å². The van der Waals surface area contributed by atoms with Crippen LogP contribution in [0.25, 0.3) is 0 Å². The number of esters is 1. The van der Waals surface area contributed by atoms with Gasteiger partial charge in [-0.25, -0.2) is 0 Å². The van der Waals surface area contributed by atoms with E-state index >= 15 is 0 Å². The van der Waals surface area contributed by atoms with Crippen molar-refractivity contribution < 1.29 is 9.53 Å². The monoisotopic (exact) mass is 428 g/mol. The molecule has 2 heteroatoms. The third-order valence-corrected chi connectivity index (χ3v) is 10.8. The normalized spacial score (nSPS) is 42.7. The summed E-state index contributed by atoms with van der Waals surface area (Å²) in [4.78, 5) is 11.5. The first-order valence-corrected chi connectivity index (χ1v) is 13.6. The molecule has 0 bridgehead atoms. The zero-order chi connectivity index (χ0) is 22.2. The number of allylic oxidation sites excluding steroid dienone is 1. The largest absolute Gasteiger partial charge is 0.462 e. The molecule has 0 amide bonds. The minimum Gasteiger partial charge on any atom is -0.462 e. The van der Waals surface area contributed by atoms with Gasteiger partial charge in [0.25, 0.3) is 0 Å². The number of unbranched alkanes of at least 4 members (excludes halogenated alkanes) is 1. The molecule has 0 N–H and O–H groups in total. The SMILES string of the molecule is CCC(C)CCCC[C@H]1CCC2[C@@H]3CC=C4C[C@@H](OC(C)=O)CC[C@]4(C)C3CC[C@@]21C. The van der Waals surface area contributed by atoms with Crippen LogP contribution >= 0.6 is 0 Å². The molecule has 0 heterocycles. The van der Waals surface area contributed by atoms with Crippen molar-refractivity contribution in [1.82, 2.24) is 0 Å². The molecular formula is C29H48O2. The fourth-order valence-corrected chi connectivity index (χ4v) is 8.63. The van der Waals surface area contributed by atoms with Crippen molar-refractivity contribution in [3.63, 3.8) is 0 Å². The lowest BCUT2D eigenvalue weighted by Crippen LogP contribution is -2.50. The van der Waals surface area contributed by atoms with Crippen LogP contribution in [-0.2, 0) is 9.53 Å². The first-order valence-electron chi connectivity index (χ1n) is 13.6. The summed E-state index contributed by atoms with van der Waals surface area (Å²) in [6, 6.07) is 0. The predicted molar refractivity (Wildman–Crippen MR) is 129 cm³/mol. The Hall–Kier alpha value is -0.790. The first kappa shape index (κ1) is 23.4. The molecule has 176 valence electrons. The highest BCUT2D eigenvalue weighted by Crippen LogP contribution is 2.66. The maximum absolute atomic E-state index is 11.5. The average molecular weight is 429 g/mol. The van der Waals surface area contributed by atoms with E-state index in [1.54, 1.807) is 12.5 Å². The van der Waals surface area contributed by atoms with Gasteiger partial charge in [-0.15, -0.1) is 0 Å². The maximum Gasteiger partial charge on any atom is 0.302 e. The van der Waals surface area contributed by atoms with E-state index in [4.69, 9.17) is 4.74 Å². The van der Waals surface area contributed by atoms with E-state index in [9.17, 15) is 4.79 Å². The van der Waals surface area contributed by atoms with Gasteiger partial charge < -0.3 is 4.74 Å². The second kappa shape index (κ2) is 9.22. The molecule has 8 atom stereocenters. The van der Waals surface area contributed by atoms with E-state index < -0.39 is 0 Å². The van der Waals surface area contributed by atoms with Gasteiger partial charge in [-0.3, -0.25) is 4.79 Å². The summed E-state index contributed by atoms with van der Waals surface area (Å²) in [6.07, 6.45) is 20.2. The third kappa shape index (κ3) is 4.39. The van der Waals surface area contributed by atoms with Crippen molar-refractivity contribution in [2.45, 2.75) is 124 Å². The van der Waals surface area contributed by atoms with E-state index in [1.807, 2.05) is 0 Å². The minimum atomic E-state index is -0.113. The highest BCUT2D eigenvalue weighted by Gasteiger charge is 2.58. The Bertz CT molecular complexity index is 680. The van der Waals surface area contributed by atoms with Crippen LogP contribution in [0, 0.1) is 40.4 Å². The number of hydrogen-bond donors (Lipinski definition) is 0. The van der Waals surface area contributed by atoms with Crippen LogP contribution in [0.5, 0.6) is 0 Å². The summed E-state index contributed by atoms with van der Waals surface area (Å²) in [5.74, 6) is 4.44. The van der Waals surface area contributed by atoms with Gasteiger partial charge in [0.15, 0.2) is 0 Å². The molecule has 31 heavy (non-hydrogen) atoms. The van der Waals surface area contributed by atoms with Crippen molar-refractivity contribution in [3.8, 4) is 0 Å². The topological polar surface area (TPSA) is 26.3 Å². The summed E-state index contributed by atoms with van der Waals surface area (Å²) in [7, 11) is 0. The van der Waals surface area contributed by atoms with Crippen LogP contribution in [0.2, 0.25) is 0 Å². The summed E-state index contributed by atoms with van der Waals surface area (Å²) >= 11 is 0. The molecule has 0 aromatic heterocycles. The molecule has 3 fully saturated rings. The van der Waals surface area contributed by atoms with Gasteiger partial charge in [0.1, 0.15) is 6.10 Å². The molecule has 0 saturated heterocycles. The maximum atomic E-state index is 11.5. The Labute approximate surface area is 192 Å². The molecule has 2 nitrogen and oxygen atoms in total. The Balaban J connectivity index is 1.41. The number of carbonyl (C=O) groups excluding carboxylic acids is 1. The zero-order valence-electron chi connectivity index (χ0n) is 21.1. The van der Waals surface area contributed by atoms with Crippen LogP contribution in [0.1, 0.15) is 118 Å². The zero-order valence-corrected chi connectivity index (χ0v) is 21.1. The quantitative estimate of drug-likeness (QED) is 0.232. The average Bonchev–Trinajstić information content (AvgIpc) is 3.07. The summed E-state index contributed by atoms with van der Waals surface area (Å²) in [5.41, 5.74) is 2.57. The summed E-state index contributed by atoms with van der Waals surface area (Å²) in [5, 5.41) is 0. The van der Waals surface area contributed by atoms with Crippen molar-refractivity contribution in [2.75, 3.05) is 0 Å². The molecule has 0 aromatic carbocycles. The van der Waals surface area contributed by atoms with Gasteiger partial charge in [0, 0.05) is 13.3 Å². The number of ether oxygens (including phenoxy) is 1. The number of hydrogen-bond acceptors (Lipinski definition) is 2. The van der Waals surface area contributed by atoms with E-state index in [0.717, 1.165) is 42.4 Å². The van der Waals surface area contributed by atoms with Crippen molar-refractivity contribution in [3.05, 3.63) is 11.6 Å². The minimum absolute atomic E-state index is 0.113. The molecular weight excluding hydrogens is 380 g/mol. The Kier molecular flexibility index (Phi) is 6.95. The van der Waals surface area contributed by atoms with Crippen molar-refractivity contribution in [2.24, 2.45) is 40.4 Å². The predicted octanol–water partition coefficient (Wildman–Crippen LogP) is 8.10. The van der Waals surface area contributed by atoms with Crippen LogP contribution < -0.4 is 0 Å². The van der Waals surface area contributed by atoms with Gasteiger partial charge in [-0.2, -0.15) is 0 Å². The van der Waals surface area contributed by atoms with Crippen LogP contribution in [0.4, 0.5) is 0 Å². The first-order chi connectivity index (χ1) is 14.8. The van der Waals surface area contributed by atoms with Gasteiger partial charge in [-0.05, 0) is 91.8 Å². The molecule has 4 aliphatic carbocycles. The van der Waals surface area contributed by atoms with E-state index in [2.05, 4.69) is 33.8 Å². The second-order valence-corrected chi connectivity index (χ2v) is 12.4. The van der Waals surface area contributed by atoms with Gasteiger partial charge >= 0.3 is 5.97 Å². The molecule has 0 aromatic rings. The molecule has 4 rings (SSSR count). The van der Waals surface area contributed by atoms with Crippen molar-refractivity contribution >= 4 is 5.97 Å². The lowest BCUT2D eigenvalue weighted by Gasteiger charge is -2.58. The van der Waals surface area contributed by atoms with Gasteiger partial charge in [0.05, 0.1) is 0 Å². The summed E-state index contributed by atoms with van der Waals surface area (Å²) in [6.45, 7) is 11.5. The standard InChI is InChI=1S/C29H48O2/c1-6-20(2)9-7-8-10-22-12-14-26-25-13-11-23-19-24(31-21(3)30)15-17-29(23,5)27(25)16-18-28(22,26)4/h11,20,22,24-27H,6-10,12-19H2,1-5H3/t20?,22-,24-,25-,26?,27?,28+,29-/m0/s1. The highest BCUT2D eigenvalue weighted by molar-refractivity contribution is 5.66. The molecule has 0 aliphatic heterocycles. The van der Waals surface area contributed by atoms with Crippen LogP contribution in [0.3, 0.4) is 0 Å². The lowest BCUT2D eigenvalue weighted by atomic mass is 9.47. The van der Waals surface area contributed by atoms with E-state index in [1.165, 1.54) is 70.6 Å². The van der Waals surface area contributed by atoms with E-state index in [-0.39, 0.29) is 12.1 Å². The number of rotatable bonds is 7. The van der Waals surface area contributed by atoms with Crippen LogP contribution in [0.15, 0.2) is 11.6 Å². The van der Waals surface area contributed by atoms with Gasteiger partial charge in [-0.1, -0.05) is 65.0 Å². The number of carbonyl (C=O) groups is 1. The van der Waals surface area contributed by atoms with Crippen molar-refractivity contribution in [1.29, 1.82) is 0 Å². The third-order valence-electron chi connectivity index (χ3n) is 10.8. The molecule has 0 spiro atoms. The Morgan fingerprint density at radius 2 is 1.94 bits per heavy atom. The molecule has 0 radical (unpaired) electrons. The smallest absolute Gasteiger partial charge is 0.302 e. The molecule has 3 saturated carbocycles. The fourth-order valence-electron chi connectivity index (χ4n) is 8.63. The highest BCUT2D eigenvalue weighted by atomic mass is 16.5. The Morgan fingerprint density at radius 3 is 2.68 bits per heavy atom. The Morgan fingerprint density at radius 1 is 1.13 bits per heavy atom. The van der Waals surface area contributed by atoms with E-state index in [0.29, 0.717) is 10.8 Å². The van der Waals surface area contributed by atoms with Gasteiger partial charge in [0.2, 0.25) is 0 Å². The second-order valence-electron chi connectivity index (χ2n) is 12.4. The summed E-state index contributed by atoms with van der Waals surface area (Å²) < 4.78 is 5.61. The molecule has 3 unspecified atom stereocenters.